The van der Waals surface area contributed by atoms with Crippen LogP contribution in [0.5, 0.6) is 5.75 Å². The van der Waals surface area contributed by atoms with Crippen LogP contribution in [-0.4, -0.2) is 46.7 Å². The summed E-state index contributed by atoms with van der Waals surface area (Å²) in [7, 11) is 0. The lowest BCUT2D eigenvalue weighted by molar-refractivity contribution is -0.145. The highest BCUT2D eigenvalue weighted by molar-refractivity contribution is 5.91. The van der Waals surface area contributed by atoms with Gasteiger partial charge < -0.3 is 24.8 Å². The summed E-state index contributed by atoms with van der Waals surface area (Å²) < 4.78 is 11.6. The molecule has 32 heavy (non-hydrogen) atoms. The molecule has 0 aromatic heterocycles. The highest BCUT2D eigenvalue weighted by Gasteiger charge is 2.52. The zero-order valence-electron chi connectivity index (χ0n) is 19.1. The lowest BCUT2D eigenvalue weighted by atomic mass is 9.91. The molecule has 0 bridgehead atoms. The van der Waals surface area contributed by atoms with E-state index in [9.17, 15) is 14.7 Å². The molecule has 2 aromatic carbocycles. The number of amides is 2. The molecule has 172 valence electrons. The Bertz CT molecular complexity index is 922. The van der Waals surface area contributed by atoms with Gasteiger partial charge >= 0.3 is 6.09 Å². The fraction of sp³-hybridized carbons (Fsp3) is 0.440. The molecule has 0 saturated carbocycles. The number of likely N-dealkylation sites (tertiary alicyclic amines) is 1. The number of alkyl carbamates (subject to hydrolysis) is 1. The van der Waals surface area contributed by atoms with Gasteiger partial charge in [0.1, 0.15) is 12.4 Å². The van der Waals surface area contributed by atoms with Gasteiger partial charge in [-0.15, -0.1) is 0 Å². The first-order valence-corrected chi connectivity index (χ1v) is 10.8. The molecule has 2 unspecified atom stereocenters. The predicted octanol–water partition coefficient (Wildman–Crippen LogP) is 3.60. The predicted molar refractivity (Wildman–Crippen MR) is 121 cm³/mol. The molecular formula is C25H32N2O5. The highest BCUT2D eigenvalue weighted by atomic mass is 16.6. The molecule has 0 radical (unpaired) electrons. The SMILES string of the molecule is CC(O)CN1CCC(OC(=O)NC(C)(C)C)(c2ccc(OCc3ccccc3)cc2)C1=O. The maximum absolute atomic E-state index is 13.3. The summed E-state index contributed by atoms with van der Waals surface area (Å²) in [6.45, 7) is 8.15. The molecule has 2 atom stereocenters. The van der Waals surface area contributed by atoms with Gasteiger partial charge in [0.25, 0.3) is 5.91 Å². The number of β-amino-alcohol motifs (C(OH)–C–C–N with tert-alkyl or cyclic N) is 1. The third-order valence-electron chi connectivity index (χ3n) is 5.16. The van der Waals surface area contributed by atoms with E-state index in [0.717, 1.165) is 5.56 Å². The van der Waals surface area contributed by atoms with E-state index >= 15 is 0 Å². The molecule has 1 aliphatic heterocycles. The van der Waals surface area contributed by atoms with Crippen LogP contribution in [0.25, 0.3) is 0 Å². The van der Waals surface area contributed by atoms with E-state index in [-0.39, 0.29) is 12.5 Å². The fourth-order valence-corrected chi connectivity index (χ4v) is 3.72. The van der Waals surface area contributed by atoms with Crippen molar-refractivity contribution in [3.8, 4) is 5.75 Å². The minimum absolute atomic E-state index is 0.184. The normalized spacial score (nSPS) is 19.5. The van der Waals surface area contributed by atoms with Crippen LogP contribution in [0.15, 0.2) is 54.6 Å². The first kappa shape index (κ1) is 23.6. The number of aliphatic hydroxyl groups excluding tert-OH is 1. The van der Waals surface area contributed by atoms with Gasteiger partial charge in [-0.1, -0.05) is 42.5 Å². The van der Waals surface area contributed by atoms with E-state index in [2.05, 4.69) is 5.32 Å². The number of carbonyl (C=O) groups excluding carboxylic acids is 2. The second-order valence-corrected chi connectivity index (χ2v) is 9.24. The molecule has 2 aromatic rings. The molecular weight excluding hydrogens is 408 g/mol. The van der Waals surface area contributed by atoms with Gasteiger partial charge in [-0.25, -0.2) is 4.79 Å². The van der Waals surface area contributed by atoms with Gasteiger partial charge in [-0.2, -0.15) is 0 Å². The standard InChI is InChI=1S/C25H32N2O5/c1-18(28)16-27-15-14-25(22(27)29,32-23(30)26-24(2,3)4)20-10-12-21(13-11-20)31-17-19-8-6-5-7-9-19/h5-13,18,28H,14-17H2,1-4H3,(H,26,30). The third-order valence-corrected chi connectivity index (χ3v) is 5.16. The summed E-state index contributed by atoms with van der Waals surface area (Å²) in [6.07, 6.45) is -1.03. The van der Waals surface area contributed by atoms with E-state index in [1.807, 2.05) is 51.1 Å². The zero-order chi connectivity index (χ0) is 23.4. The number of carbonyl (C=O) groups is 2. The van der Waals surface area contributed by atoms with Crippen molar-refractivity contribution in [2.24, 2.45) is 0 Å². The molecule has 3 rings (SSSR count). The number of benzene rings is 2. The van der Waals surface area contributed by atoms with E-state index < -0.39 is 23.3 Å². The number of nitrogens with one attached hydrogen (secondary N) is 1. The second-order valence-electron chi connectivity index (χ2n) is 9.24. The summed E-state index contributed by atoms with van der Waals surface area (Å²) in [5.74, 6) is 0.318. The second kappa shape index (κ2) is 9.61. The Kier molecular flexibility index (Phi) is 7.09. The summed E-state index contributed by atoms with van der Waals surface area (Å²) >= 11 is 0. The number of aliphatic hydroxyl groups is 1. The van der Waals surface area contributed by atoms with Crippen molar-refractivity contribution < 1.29 is 24.2 Å². The topological polar surface area (TPSA) is 88.1 Å². The van der Waals surface area contributed by atoms with Crippen molar-refractivity contribution in [2.75, 3.05) is 13.1 Å². The van der Waals surface area contributed by atoms with Crippen molar-refractivity contribution >= 4 is 12.0 Å². The van der Waals surface area contributed by atoms with Crippen molar-refractivity contribution in [3.63, 3.8) is 0 Å². The summed E-state index contributed by atoms with van der Waals surface area (Å²) in [6, 6.07) is 16.9. The van der Waals surface area contributed by atoms with Crippen LogP contribution < -0.4 is 10.1 Å². The van der Waals surface area contributed by atoms with Crippen molar-refractivity contribution in [1.29, 1.82) is 0 Å². The molecule has 0 aliphatic carbocycles. The van der Waals surface area contributed by atoms with E-state index in [1.54, 1.807) is 31.2 Å². The van der Waals surface area contributed by atoms with Gasteiger partial charge in [-0.05, 0) is 45.4 Å². The van der Waals surface area contributed by atoms with Crippen LogP contribution in [0.1, 0.15) is 45.2 Å². The van der Waals surface area contributed by atoms with Crippen LogP contribution in [-0.2, 0) is 21.7 Å². The van der Waals surface area contributed by atoms with Crippen LogP contribution in [0, 0.1) is 0 Å². The molecule has 1 saturated heterocycles. The van der Waals surface area contributed by atoms with E-state index in [1.165, 1.54) is 4.90 Å². The molecule has 7 nitrogen and oxygen atoms in total. The number of hydrogen-bond acceptors (Lipinski definition) is 5. The smallest absolute Gasteiger partial charge is 0.408 e. The molecule has 2 amide bonds. The van der Waals surface area contributed by atoms with Gasteiger partial charge in [0.05, 0.1) is 6.10 Å². The molecule has 0 spiro atoms. The molecule has 1 fully saturated rings. The Morgan fingerprint density at radius 2 is 1.81 bits per heavy atom. The Hall–Kier alpha value is -3.06. The number of rotatable bonds is 7. The fourth-order valence-electron chi connectivity index (χ4n) is 3.72. The Labute approximate surface area is 189 Å². The molecule has 1 heterocycles. The molecule has 2 N–H and O–H groups in total. The van der Waals surface area contributed by atoms with Gasteiger partial charge in [0, 0.05) is 30.6 Å². The first-order valence-electron chi connectivity index (χ1n) is 10.8. The maximum Gasteiger partial charge on any atom is 0.408 e. The third kappa shape index (κ3) is 5.79. The van der Waals surface area contributed by atoms with Crippen LogP contribution in [0.3, 0.4) is 0 Å². The monoisotopic (exact) mass is 440 g/mol. The van der Waals surface area contributed by atoms with Crippen molar-refractivity contribution in [2.45, 2.75) is 58.0 Å². The van der Waals surface area contributed by atoms with Crippen LogP contribution in [0.2, 0.25) is 0 Å². The van der Waals surface area contributed by atoms with Crippen LogP contribution >= 0.6 is 0 Å². The summed E-state index contributed by atoms with van der Waals surface area (Å²) in [5, 5.41) is 12.5. The minimum Gasteiger partial charge on any atom is -0.489 e. The van der Waals surface area contributed by atoms with Crippen molar-refractivity contribution in [1.82, 2.24) is 10.2 Å². The Morgan fingerprint density at radius 3 is 2.41 bits per heavy atom. The quantitative estimate of drug-likeness (QED) is 0.687. The minimum atomic E-state index is -1.44. The lowest BCUT2D eigenvalue weighted by Gasteiger charge is -2.30. The Balaban J connectivity index is 1.81. The van der Waals surface area contributed by atoms with Gasteiger partial charge in [-0.3, -0.25) is 4.79 Å². The summed E-state index contributed by atoms with van der Waals surface area (Å²) in [5.41, 5.74) is -0.321. The number of hydrogen-bond donors (Lipinski definition) is 2. The highest BCUT2D eigenvalue weighted by Crippen LogP contribution is 2.38. The van der Waals surface area contributed by atoms with E-state index in [0.29, 0.717) is 30.9 Å². The average molecular weight is 441 g/mol. The van der Waals surface area contributed by atoms with Gasteiger partial charge in [0.2, 0.25) is 5.60 Å². The molecule has 7 heteroatoms. The average Bonchev–Trinajstić information content (AvgIpc) is 3.02. The first-order chi connectivity index (χ1) is 15.1. The van der Waals surface area contributed by atoms with E-state index in [4.69, 9.17) is 9.47 Å². The zero-order valence-corrected chi connectivity index (χ0v) is 19.1. The van der Waals surface area contributed by atoms with Crippen LogP contribution in [0.4, 0.5) is 4.79 Å². The number of ether oxygens (including phenoxy) is 2. The van der Waals surface area contributed by atoms with Crippen molar-refractivity contribution in [3.05, 3.63) is 65.7 Å². The summed E-state index contributed by atoms with van der Waals surface area (Å²) in [4.78, 5) is 27.5. The maximum atomic E-state index is 13.3. The largest absolute Gasteiger partial charge is 0.489 e. The number of nitrogens with zero attached hydrogens (tertiary/aromatic N) is 1. The van der Waals surface area contributed by atoms with Gasteiger partial charge in [0.15, 0.2) is 0 Å². The lowest BCUT2D eigenvalue weighted by Crippen LogP contribution is -2.48. The molecule has 1 aliphatic rings. The Morgan fingerprint density at radius 1 is 1.16 bits per heavy atom.